The van der Waals surface area contributed by atoms with Gasteiger partial charge in [-0.15, -0.1) is 0 Å². The summed E-state index contributed by atoms with van der Waals surface area (Å²) >= 11 is 0. The Morgan fingerprint density at radius 3 is 2.88 bits per heavy atom. The number of likely N-dealkylation sites (tertiary alicyclic amines) is 1. The summed E-state index contributed by atoms with van der Waals surface area (Å²) in [5.41, 5.74) is 5.27. The van der Waals surface area contributed by atoms with Gasteiger partial charge in [0.25, 0.3) is 0 Å². The number of piperidine rings is 1. The van der Waals surface area contributed by atoms with Crippen molar-refractivity contribution in [1.29, 1.82) is 0 Å². The number of hydrogen-bond donors (Lipinski definition) is 2. The summed E-state index contributed by atoms with van der Waals surface area (Å²) in [4.78, 5) is 24.4. The zero-order chi connectivity index (χ0) is 12.8. The second-order valence-electron chi connectivity index (χ2n) is 4.28. The first-order valence-corrected chi connectivity index (χ1v) is 6.01. The average molecular weight is 243 g/mol. The Labute approximate surface area is 101 Å². The summed E-state index contributed by atoms with van der Waals surface area (Å²) in [7, 11) is 0. The van der Waals surface area contributed by atoms with Gasteiger partial charge < -0.3 is 15.8 Å². The van der Waals surface area contributed by atoms with E-state index >= 15 is 0 Å². The standard InChI is InChI=1S/C11H21N3O3/c1-3-17-11(16)13-9-5-4-6-14(7-9)8(2)10(12)15/h8-9H,3-7H2,1-2H3,(H2,12,15)(H,13,16)/t8-,9+/m0/s1. The second-order valence-corrected chi connectivity index (χ2v) is 4.28. The number of nitrogens with zero attached hydrogens (tertiary/aromatic N) is 1. The van der Waals surface area contributed by atoms with Crippen LogP contribution in [0.1, 0.15) is 26.7 Å². The maximum Gasteiger partial charge on any atom is 0.407 e. The molecule has 3 N–H and O–H groups in total. The van der Waals surface area contributed by atoms with E-state index in [0.29, 0.717) is 13.2 Å². The first-order chi connectivity index (χ1) is 8.04. The summed E-state index contributed by atoms with van der Waals surface area (Å²) in [6, 6.07) is -0.258. The van der Waals surface area contributed by atoms with Gasteiger partial charge in [-0.3, -0.25) is 9.69 Å². The molecule has 2 atom stereocenters. The topological polar surface area (TPSA) is 84.7 Å². The molecule has 2 amide bonds. The minimum atomic E-state index is -0.397. The van der Waals surface area contributed by atoms with E-state index in [1.54, 1.807) is 13.8 Å². The summed E-state index contributed by atoms with van der Waals surface area (Å²) < 4.78 is 4.83. The van der Waals surface area contributed by atoms with Crippen LogP contribution >= 0.6 is 0 Å². The maximum absolute atomic E-state index is 11.3. The zero-order valence-electron chi connectivity index (χ0n) is 10.4. The molecule has 1 heterocycles. The van der Waals surface area contributed by atoms with Gasteiger partial charge in [0, 0.05) is 12.6 Å². The molecule has 0 saturated carbocycles. The molecule has 0 spiro atoms. The molecule has 0 bridgehead atoms. The van der Waals surface area contributed by atoms with E-state index < -0.39 is 6.09 Å². The van der Waals surface area contributed by atoms with Crippen molar-refractivity contribution in [2.24, 2.45) is 5.73 Å². The number of amides is 2. The smallest absolute Gasteiger partial charge is 0.407 e. The number of nitrogens with one attached hydrogen (secondary N) is 1. The van der Waals surface area contributed by atoms with Crippen LogP contribution in [-0.4, -0.2) is 48.7 Å². The molecule has 6 heteroatoms. The van der Waals surface area contributed by atoms with E-state index in [0.717, 1.165) is 19.4 Å². The fourth-order valence-corrected chi connectivity index (χ4v) is 2.00. The average Bonchev–Trinajstić information content (AvgIpc) is 2.28. The molecule has 1 aliphatic heterocycles. The van der Waals surface area contributed by atoms with E-state index in [4.69, 9.17) is 10.5 Å². The number of carbonyl (C=O) groups is 2. The third-order valence-corrected chi connectivity index (χ3v) is 3.01. The van der Waals surface area contributed by atoms with Gasteiger partial charge in [0.1, 0.15) is 0 Å². The second kappa shape index (κ2) is 6.44. The normalized spacial score (nSPS) is 22.8. The van der Waals surface area contributed by atoms with Gasteiger partial charge in [0.15, 0.2) is 0 Å². The lowest BCUT2D eigenvalue weighted by atomic mass is 10.0. The molecule has 1 rings (SSSR count). The lowest BCUT2D eigenvalue weighted by Crippen LogP contribution is -2.53. The third-order valence-electron chi connectivity index (χ3n) is 3.01. The molecule has 0 aromatic heterocycles. The molecule has 0 aromatic carbocycles. The van der Waals surface area contributed by atoms with Gasteiger partial charge in [-0.05, 0) is 33.2 Å². The van der Waals surface area contributed by atoms with Crippen LogP contribution in [0.3, 0.4) is 0 Å². The summed E-state index contributed by atoms with van der Waals surface area (Å²) in [6.45, 7) is 5.39. The summed E-state index contributed by atoms with van der Waals surface area (Å²) in [6.07, 6.45) is 1.45. The molecule has 98 valence electrons. The maximum atomic E-state index is 11.3. The first kappa shape index (κ1) is 13.8. The van der Waals surface area contributed by atoms with Crippen LogP contribution in [0.2, 0.25) is 0 Å². The predicted molar refractivity (Wildman–Crippen MR) is 63.4 cm³/mol. The lowest BCUT2D eigenvalue weighted by molar-refractivity contribution is -0.123. The highest BCUT2D eigenvalue weighted by Crippen LogP contribution is 2.13. The Morgan fingerprint density at radius 1 is 1.59 bits per heavy atom. The van der Waals surface area contributed by atoms with E-state index in [1.807, 2.05) is 4.90 Å². The van der Waals surface area contributed by atoms with Crippen molar-refractivity contribution < 1.29 is 14.3 Å². The fourth-order valence-electron chi connectivity index (χ4n) is 2.00. The number of primary amides is 1. The Bertz CT molecular complexity index is 283. The molecule has 0 radical (unpaired) electrons. The van der Waals surface area contributed by atoms with Crippen molar-refractivity contribution in [3.05, 3.63) is 0 Å². The first-order valence-electron chi connectivity index (χ1n) is 6.01. The highest BCUT2D eigenvalue weighted by molar-refractivity contribution is 5.79. The van der Waals surface area contributed by atoms with Crippen LogP contribution in [0.5, 0.6) is 0 Å². The van der Waals surface area contributed by atoms with Crippen molar-refractivity contribution in [2.45, 2.75) is 38.8 Å². The minimum Gasteiger partial charge on any atom is -0.450 e. The molecular formula is C11H21N3O3. The number of rotatable bonds is 4. The van der Waals surface area contributed by atoms with E-state index in [-0.39, 0.29) is 18.0 Å². The van der Waals surface area contributed by atoms with Crippen LogP contribution < -0.4 is 11.1 Å². The van der Waals surface area contributed by atoms with Crippen molar-refractivity contribution in [3.8, 4) is 0 Å². The van der Waals surface area contributed by atoms with Crippen LogP contribution in [0.15, 0.2) is 0 Å². The van der Waals surface area contributed by atoms with Crippen molar-refractivity contribution >= 4 is 12.0 Å². The van der Waals surface area contributed by atoms with Gasteiger partial charge in [0.05, 0.1) is 12.6 Å². The van der Waals surface area contributed by atoms with Crippen molar-refractivity contribution in [3.63, 3.8) is 0 Å². The molecular weight excluding hydrogens is 222 g/mol. The molecule has 0 aliphatic carbocycles. The van der Waals surface area contributed by atoms with E-state index in [2.05, 4.69) is 5.32 Å². The third kappa shape index (κ3) is 4.22. The Morgan fingerprint density at radius 2 is 2.29 bits per heavy atom. The van der Waals surface area contributed by atoms with E-state index in [9.17, 15) is 9.59 Å². The Kier molecular flexibility index (Phi) is 5.21. The molecule has 1 fully saturated rings. The van der Waals surface area contributed by atoms with Crippen LogP contribution in [0.4, 0.5) is 4.79 Å². The van der Waals surface area contributed by atoms with Crippen molar-refractivity contribution in [2.75, 3.05) is 19.7 Å². The van der Waals surface area contributed by atoms with Gasteiger partial charge in [-0.1, -0.05) is 0 Å². The summed E-state index contributed by atoms with van der Waals surface area (Å²) in [5, 5.41) is 2.79. The predicted octanol–water partition coefficient (Wildman–Crippen LogP) is 0.0707. The highest BCUT2D eigenvalue weighted by Gasteiger charge is 2.27. The number of carbonyl (C=O) groups excluding carboxylic acids is 2. The highest BCUT2D eigenvalue weighted by atomic mass is 16.5. The van der Waals surface area contributed by atoms with Gasteiger partial charge in [-0.25, -0.2) is 4.79 Å². The van der Waals surface area contributed by atoms with Gasteiger partial charge in [0.2, 0.25) is 5.91 Å². The zero-order valence-corrected chi connectivity index (χ0v) is 10.4. The lowest BCUT2D eigenvalue weighted by Gasteiger charge is -2.35. The monoisotopic (exact) mass is 243 g/mol. The van der Waals surface area contributed by atoms with Crippen LogP contribution in [0.25, 0.3) is 0 Å². The van der Waals surface area contributed by atoms with Crippen LogP contribution in [0, 0.1) is 0 Å². The number of hydrogen-bond acceptors (Lipinski definition) is 4. The van der Waals surface area contributed by atoms with Gasteiger partial charge in [-0.2, -0.15) is 0 Å². The molecule has 6 nitrogen and oxygen atoms in total. The summed E-state index contributed by atoms with van der Waals surface area (Å²) in [5.74, 6) is -0.332. The van der Waals surface area contributed by atoms with E-state index in [1.165, 1.54) is 0 Å². The molecule has 0 aromatic rings. The minimum absolute atomic E-state index is 0.0320. The molecule has 1 saturated heterocycles. The van der Waals surface area contributed by atoms with Crippen LogP contribution in [-0.2, 0) is 9.53 Å². The molecule has 17 heavy (non-hydrogen) atoms. The van der Waals surface area contributed by atoms with Gasteiger partial charge >= 0.3 is 6.09 Å². The SMILES string of the molecule is CCOC(=O)N[C@@H]1CCCN([C@@H](C)C(N)=O)C1. The quantitative estimate of drug-likeness (QED) is 0.732. The Hall–Kier alpha value is -1.30. The molecule has 0 unspecified atom stereocenters. The molecule has 1 aliphatic rings. The van der Waals surface area contributed by atoms with Crippen molar-refractivity contribution in [1.82, 2.24) is 10.2 Å². The number of nitrogens with two attached hydrogens (primary N) is 1. The number of alkyl carbamates (subject to hydrolysis) is 1. The Balaban J connectivity index is 2.43. The number of ether oxygens (including phenoxy) is 1. The fraction of sp³-hybridized carbons (Fsp3) is 0.818. The largest absolute Gasteiger partial charge is 0.450 e.